The summed E-state index contributed by atoms with van der Waals surface area (Å²) in [6, 6.07) is 5.58. The number of hydrogen-bond acceptors (Lipinski definition) is 1. The number of furan rings is 1. The number of hydrogen-bond donors (Lipinski definition) is 0. The molecule has 0 saturated heterocycles. The molecule has 0 aliphatic carbocycles. The van der Waals surface area contributed by atoms with Crippen LogP contribution in [0.5, 0.6) is 0 Å². The molecular weight excluding hydrogens is 195 g/mol. The normalized spacial score (nSPS) is 10.9. The van der Waals surface area contributed by atoms with Gasteiger partial charge in [0.05, 0.1) is 5.02 Å². The highest BCUT2D eigenvalue weighted by molar-refractivity contribution is 6.44. The molecule has 3 heteroatoms. The van der Waals surface area contributed by atoms with Gasteiger partial charge in [0.1, 0.15) is 10.8 Å². The number of rotatable bonds is 0. The zero-order valence-corrected chi connectivity index (χ0v) is 7.91. The third-order valence-electron chi connectivity index (χ3n) is 1.70. The van der Waals surface area contributed by atoms with Crippen molar-refractivity contribution in [1.29, 1.82) is 0 Å². The average molecular weight is 201 g/mol. The second-order valence-electron chi connectivity index (χ2n) is 2.64. The van der Waals surface area contributed by atoms with Crippen molar-refractivity contribution in [2.75, 3.05) is 0 Å². The molecule has 0 atom stereocenters. The van der Waals surface area contributed by atoms with Crippen LogP contribution in [0.4, 0.5) is 0 Å². The summed E-state index contributed by atoms with van der Waals surface area (Å²) in [6.07, 6.45) is 0. The summed E-state index contributed by atoms with van der Waals surface area (Å²) >= 11 is 11.7. The molecule has 2 aromatic rings. The molecule has 1 aromatic heterocycles. The smallest absolute Gasteiger partial charge is 0.154 e. The zero-order chi connectivity index (χ0) is 8.72. The van der Waals surface area contributed by atoms with E-state index in [-0.39, 0.29) is 0 Å². The lowest BCUT2D eigenvalue weighted by molar-refractivity contribution is 0.579. The Balaban J connectivity index is 2.89. The quantitative estimate of drug-likeness (QED) is 0.626. The van der Waals surface area contributed by atoms with E-state index in [2.05, 4.69) is 0 Å². The van der Waals surface area contributed by atoms with E-state index in [1.165, 1.54) is 0 Å². The van der Waals surface area contributed by atoms with Gasteiger partial charge in [0, 0.05) is 5.39 Å². The molecule has 62 valence electrons. The lowest BCUT2D eigenvalue weighted by Crippen LogP contribution is -1.68. The molecule has 0 spiro atoms. The molecule has 12 heavy (non-hydrogen) atoms. The van der Waals surface area contributed by atoms with Crippen LogP contribution in [-0.4, -0.2) is 0 Å². The van der Waals surface area contributed by atoms with Gasteiger partial charge in [-0.1, -0.05) is 23.2 Å². The first-order chi connectivity index (χ1) is 5.68. The first-order valence-electron chi connectivity index (χ1n) is 3.52. The van der Waals surface area contributed by atoms with Gasteiger partial charge in [-0.25, -0.2) is 0 Å². The molecule has 1 nitrogen and oxygen atoms in total. The van der Waals surface area contributed by atoms with Crippen LogP contribution in [0, 0.1) is 6.92 Å². The Bertz CT molecular complexity index is 431. The summed E-state index contributed by atoms with van der Waals surface area (Å²) in [6.45, 7) is 1.88. The second kappa shape index (κ2) is 2.68. The highest BCUT2D eigenvalue weighted by atomic mass is 35.5. The van der Waals surface area contributed by atoms with Gasteiger partial charge in [-0.15, -0.1) is 0 Å². The minimum absolute atomic E-state index is 0.488. The Hall–Kier alpha value is -0.660. The minimum Gasteiger partial charge on any atom is -0.460 e. The third-order valence-corrected chi connectivity index (χ3v) is 2.49. The Morgan fingerprint density at radius 2 is 2.00 bits per heavy atom. The highest BCUT2D eigenvalue weighted by Crippen LogP contribution is 2.32. The van der Waals surface area contributed by atoms with Crippen LogP contribution in [-0.2, 0) is 0 Å². The maximum Gasteiger partial charge on any atom is 0.154 e. The summed E-state index contributed by atoms with van der Waals surface area (Å²) in [5.74, 6) is 0.842. The lowest BCUT2D eigenvalue weighted by Gasteiger charge is -1.94. The molecule has 0 radical (unpaired) electrons. The Labute approximate surface area is 79.9 Å². The lowest BCUT2D eigenvalue weighted by atomic mass is 10.2. The fourth-order valence-corrected chi connectivity index (χ4v) is 1.53. The first-order valence-corrected chi connectivity index (χ1v) is 4.28. The van der Waals surface area contributed by atoms with Crippen LogP contribution < -0.4 is 0 Å². The number of aryl methyl sites for hydroxylation is 1. The molecule has 0 aliphatic rings. The van der Waals surface area contributed by atoms with Crippen molar-refractivity contribution in [3.8, 4) is 0 Å². The van der Waals surface area contributed by atoms with Crippen LogP contribution in [0.2, 0.25) is 10.0 Å². The van der Waals surface area contributed by atoms with Gasteiger partial charge >= 0.3 is 0 Å². The van der Waals surface area contributed by atoms with E-state index in [1.807, 2.05) is 19.1 Å². The molecular formula is C9H6Cl2O. The summed E-state index contributed by atoms with van der Waals surface area (Å²) in [7, 11) is 0. The van der Waals surface area contributed by atoms with Crippen LogP contribution >= 0.6 is 23.2 Å². The van der Waals surface area contributed by atoms with Gasteiger partial charge in [0.15, 0.2) is 5.58 Å². The molecule has 0 unspecified atom stereocenters. The topological polar surface area (TPSA) is 13.1 Å². The predicted molar refractivity (Wildman–Crippen MR) is 51.0 cm³/mol. The molecule has 0 amide bonds. The standard InChI is InChI=1S/C9H6Cl2O/c1-5-4-6-2-3-7(10)8(11)9(6)12-5/h2-4H,1H3. The highest BCUT2D eigenvalue weighted by Gasteiger charge is 2.07. The van der Waals surface area contributed by atoms with Crippen molar-refractivity contribution in [1.82, 2.24) is 0 Å². The average Bonchev–Trinajstić information content (AvgIpc) is 2.39. The van der Waals surface area contributed by atoms with E-state index in [1.54, 1.807) is 6.07 Å². The third kappa shape index (κ3) is 1.10. The summed E-state index contributed by atoms with van der Waals surface area (Å²) < 4.78 is 5.36. The Morgan fingerprint density at radius 3 is 2.75 bits per heavy atom. The molecule has 0 aliphatic heterocycles. The van der Waals surface area contributed by atoms with E-state index in [0.29, 0.717) is 15.6 Å². The van der Waals surface area contributed by atoms with Gasteiger partial charge in [-0.2, -0.15) is 0 Å². The van der Waals surface area contributed by atoms with Crippen molar-refractivity contribution in [2.24, 2.45) is 0 Å². The van der Waals surface area contributed by atoms with Gasteiger partial charge in [0.25, 0.3) is 0 Å². The van der Waals surface area contributed by atoms with Gasteiger partial charge in [-0.3, -0.25) is 0 Å². The SMILES string of the molecule is Cc1cc2ccc(Cl)c(Cl)c2o1. The summed E-state index contributed by atoms with van der Waals surface area (Å²) in [5.41, 5.74) is 0.668. The predicted octanol–water partition coefficient (Wildman–Crippen LogP) is 4.05. The monoisotopic (exact) mass is 200 g/mol. The fraction of sp³-hybridized carbons (Fsp3) is 0.111. The van der Waals surface area contributed by atoms with Crippen LogP contribution in [0.15, 0.2) is 22.6 Å². The van der Waals surface area contributed by atoms with Crippen molar-refractivity contribution in [3.63, 3.8) is 0 Å². The summed E-state index contributed by atoms with van der Waals surface area (Å²) in [4.78, 5) is 0. The Morgan fingerprint density at radius 1 is 1.25 bits per heavy atom. The van der Waals surface area contributed by atoms with Crippen molar-refractivity contribution in [3.05, 3.63) is 34.0 Å². The summed E-state index contributed by atoms with van der Waals surface area (Å²) in [5, 5.41) is 2.00. The molecule has 0 bridgehead atoms. The van der Waals surface area contributed by atoms with E-state index in [9.17, 15) is 0 Å². The minimum atomic E-state index is 0.488. The first kappa shape index (κ1) is 7.96. The molecule has 1 heterocycles. The van der Waals surface area contributed by atoms with Crippen molar-refractivity contribution in [2.45, 2.75) is 6.92 Å². The fourth-order valence-electron chi connectivity index (χ4n) is 1.17. The zero-order valence-electron chi connectivity index (χ0n) is 6.40. The van der Waals surface area contributed by atoms with E-state index in [4.69, 9.17) is 27.6 Å². The molecule has 0 saturated carbocycles. The van der Waals surface area contributed by atoms with Crippen LogP contribution in [0.1, 0.15) is 5.76 Å². The Kier molecular flexibility index (Phi) is 1.78. The molecule has 1 aromatic carbocycles. The van der Waals surface area contributed by atoms with Gasteiger partial charge in [-0.05, 0) is 25.1 Å². The van der Waals surface area contributed by atoms with Gasteiger partial charge < -0.3 is 4.42 Å². The van der Waals surface area contributed by atoms with Crippen LogP contribution in [0.3, 0.4) is 0 Å². The van der Waals surface area contributed by atoms with E-state index in [0.717, 1.165) is 11.1 Å². The second-order valence-corrected chi connectivity index (χ2v) is 3.42. The molecule has 0 fully saturated rings. The maximum atomic E-state index is 5.91. The molecule has 0 N–H and O–H groups in total. The van der Waals surface area contributed by atoms with Crippen LogP contribution in [0.25, 0.3) is 11.0 Å². The number of halogens is 2. The maximum absolute atomic E-state index is 5.91. The van der Waals surface area contributed by atoms with E-state index < -0.39 is 0 Å². The van der Waals surface area contributed by atoms with Gasteiger partial charge in [0.2, 0.25) is 0 Å². The number of benzene rings is 1. The number of fused-ring (bicyclic) bond motifs is 1. The van der Waals surface area contributed by atoms with Crippen molar-refractivity contribution >= 4 is 34.2 Å². The van der Waals surface area contributed by atoms with E-state index >= 15 is 0 Å². The molecule has 2 rings (SSSR count). The largest absolute Gasteiger partial charge is 0.460 e. The van der Waals surface area contributed by atoms with Crippen molar-refractivity contribution < 1.29 is 4.42 Å².